The first-order valence-corrected chi connectivity index (χ1v) is 16.6. The fraction of sp³-hybridized carbons (Fsp3) is 0.333. The second-order valence-corrected chi connectivity index (χ2v) is 13.4. The van der Waals surface area contributed by atoms with Gasteiger partial charge in [0.25, 0.3) is 0 Å². The highest BCUT2D eigenvalue weighted by Crippen LogP contribution is 2.44. The second kappa shape index (κ2) is 13.0. The van der Waals surface area contributed by atoms with Crippen LogP contribution in [-0.2, 0) is 29.1 Å². The molecule has 0 bridgehead atoms. The van der Waals surface area contributed by atoms with Crippen molar-refractivity contribution >= 4 is 35.1 Å². The van der Waals surface area contributed by atoms with Gasteiger partial charge in [0.05, 0.1) is 48.2 Å². The lowest BCUT2D eigenvalue weighted by molar-refractivity contribution is -0.138. The van der Waals surface area contributed by atoms with Gasteiger partial charge in [-0.1, -0.05) is 59.6 Å². The van der Waals surface area contributed by atoms with E-state index in [1.165, 1.54) is 0 Å². The van der Waals surface area contributed by atoms with Gasteiger partial charge in [-0.25, -0.2) is 4.98 Å². The average molecular weight is 689 g/mol. The van der Waals surface area contributed by atoms with E-state index >= 15 is 0 Å². The molecule has 2 N–H and O–H groups in total. The highest BCUT2D eigenvalue weighted by Gasteiger charge is 2.47. The van der Waals surface area contributed by atoms with Gasteiger partial charge in [-0.05, 0) is 41.7 Å². The Labute approximate surface area is 288 Å². The zero-order chi connectivity index (χ0) is 33.6. The predicted molar refractivity (Wildman–Crippen MR) is 183 cm³/mol. The van der Waals surface area contributed by atoms with E-state index in [0.29, 0.717) is 59.7 Å². The molecule has 10 nitrogen and oxygen atoms in total. The molecule has 2 fully saturated rings. The highest BCUT2D eigenvalue weighted by molar-refractivity contribution is 6.39. The van der Waals surface area contributed by atoms with Gasteiger partial charge in [-0.3, -0.25) is 24.4 Å². The van der Waals surface area contributed by atoms with Crippen molar-refractivity contribution in [1.29, 1.82) is 0 Å². The maximum atomic E-state index is 11.7. The summed E-state index contributed by atoms with van der Waals surface area (Å²) in [5.74, 6) is 0.453. The summed E-state index contributed by atoms with van der Waals surface area (Å²) in [6.07, 6.45) is 3.86. The van der Waals surface area contributed by atoms with E-state index in [4.69, 9.17) is 42.6 Å². The van der Waals surface area contributed by atoms with E-state index in [-0.39, 0.29) is 18.0 Å². The number of carbonyl (C=O) groups excluding carboxylic acids is 1. The number of hydrogen-bond acceptors (Lipinski definition) is 8. The molecule has 0 atom stereocenters. The van der Waals surface area contributed by atoms with Crippen LogP contribution in [0.25, 0.3) is 33.5 Å². The molecular formula is C36H35Cl2N5O5. The highest BCUT2D eigenvalue weighted by atomic mass is 35.5. The monoisotopic (exact) mass is 687 g/mol. The number of benzene rings is 3. The number of carbonyl (C=O) groups is 2. The zero-order valence-electron chi connectivity index (χ0n) is 26.7. The first kappa shape index (κ1) is 32.3. The van der Waals surface area contributed by atoms with Crippen molar-refractivity contribution in [2.24, 2.45) is 0 Å². The smallest absolute Gasteiger partial charge is 0.317 e. The summed E-state index contributed by atoms with van der Waals surface area (Å²) in [5.41, 5.74) is 7.16. The van der Waals surface area contributed by atoms with Crippen LogP contribution in [0.5, 0.6) is 11.6 Å². The van der Waals surface area contributed by atoms with Crippen molar-refractivity contribution in [1.82, 2.24) is 25.1 Å². The number of nitrogens with one attached hydrogen (secondary N) is 1. The van der Waals surface area contributed by atoms with E-state index in [1.807, 2.05) is 47.4 Å². The van der Waals surface area contributed by atoms with Crippen LogP contribution in [0.4, 0.5) is 0 Å². The minimum Gasteiger partial charge on any atom is -0.496 e. The Hall–Kier alpha value is -4.22. The summed E-state index contributed by atoms with van der Waals surface area (Å²) in [7, 11) is 3.22. The summed E-state index contributed by atoms with van der Waals surface area (Å²) in [6.45, 7) is 3.27. The van der Waals surface area contributed by atoms with Gasteiger partial charge in [0.2, 0.25) is 11.8 Å². The molecule has 0 saturated carbocycles. The third kappa shape index (κ3) is 6.09. The number of aliphatic carboxylic acids is 1. The van der Waals surface area contributed by atoms with Crippen molar-refractivity contribution in [2.75, 3.05) is 40.4 Å². The fourth-order valence-electron chi connectivity index (χ4n) is 7.23. The molecule has 48 heavy (non-hydrogen) atoms. The van der Waals surface area contributed by atoms with E-state index in [1.54, 1.807) is 20.4 Å². The lowest BCUT2D eigenvalue weighted by atomic mass is 9.88. The molecule has 4 aromatic rings. The maximum absolute atomic E-state index is 11.7. The van der Waals surface area contributed by atoms with Crippen LogP contribution in [0.15, 0.2) is 54.7 Å². The molecule has 7 rings (SSSR count). The van der Waals surface area contributed by atoms with Crippen LogP contribution >= 0.6 is 23.2 Å². The van der Waals surface area contributed by atoms with Gasteiger partial charge in [0, 0.05) is 61.4 Å². The maximum Gasteiger partial charge on any atom is 0.317 e. The van der Waals surface area contributed by atoms with E-state index in [2.05, 4.69) is 16.3 Å². The van der Waals surface area contributed by atoms with Gasteiger partial charge in [0.1, 0.15) is 11.4 Å². The van der Waals surface area contributed by atoms with E-state index < -0.39 is 5.97 Å². The summed E-state index contributed by atoms with van der Waals surface area (Å²) in [4.78, 5) is 36.8. The number of rotatable bonds is 9. The third-order valence-corrected chi connectivity index (χ3v) is 10.3. The van der Waals surface area contributed by atoms with Gasteiger partial charge >= 0.3 is 5.97 Å². The van der Waals surface area contributed by atoms with Crippen LogP contribution in [0.2, 0.25) is 10.0 Å². The number of halogens is 2. The molecule has 2 saturated heterocycles. The number of carboxylic acid groups (broad SMARTS) is 1. The van der Waals surface area contributed by atoms with Crippen LogP contribution in [0.1, 0.15) is 29.7 Å². The van der Waals surface area contributed by atoms with Gasteiger partial charge < -0.3 is 19.9 Å². The lowest BCUT2D eigenvalue weighted by Crippen LogP contribution is -2.66. The molecule has 1 aromatic heterocycles. The molecule has 0 radical (unpaired) electrons. The number of methoxy groups -OCH3 is 2. The first-order valence-electron chi connectivity index (χ1n) is 15.8. The number of nitrogens with zero attached hydrogens (tertiary/aromatic N) is 4. The average Bonchev–Trinajstić information content (AvgIpc) is 3.45. The Balaban J connectivity index is 1.17. The quantitative estimate of drug-likeness (QED) is 0.228. The molecule has 1 spiro atoms. The summed E-state index contributed by atoms with van der Waals surface area (Å²) in [6, 6.07) is 15.6. The Morgan fingerprint density at radius 3 is 2.35 bits per heavy atom. The van der Waals surface area contributed by atoms with Crippen molar-refractivity contribution in [3.05, 3.63) is 81.6 Å². The minimum absolute atomic E-state index is 0.0179. The first-order chi connectivity index (χ1) is 23.2. The van der Waals surface area contributed by atoms with E-state index in [9.17, 15) is 14.7 Å². The number of fused-ring (bicyclic) bond motifs is 1. The fourth-order valence-corrected chi connectivity index (χ4v) is 7.89. The van der Waals surface area contributed by atoms with Gasteiger partial charge in [-0.15, -0.1) is 0 Å². The molecule has 1 amide bonds. The topological polar surface area (TPSA) is 117 Å². The van der Waals surface area contributed by atoms with Crippen molar-refractivity contribution in [3.8, 4) is 45.1 Å². The Bertz CT molecular complexity index is 1930. The molecule has 0 aliphatic carbocycles. The molecular weight excluding hydrogens is 653 g/mol. The van der Waals surface area contributed by atoms with Crippen molar-refractivity contribution in [3.63, 3.8) is 0 Å². The molecule has 4 heterocycles. The normalized spacial score (nSPS) is 17.1. The number of ether oxygens (including phenoxy) is 2. The zero-order valence-corrected chi connectivity index (χ0v) is 28.2. The Kier molecular flexibility index (Phi) is 8.76. The largest absolute Gasteiger partial charge is 0.496 e. The number of hydrogen-bond donors (Lipinski definition) is 2. The van der Waals surface area contributed by atoms with Crippen molar-refractivity contribution in [2.45, 2.75) is 37.9 Å². The van der Waals surface area contributed by atoms with Crippen LogP contribution in [0, 0.1) is 0 Å². The number of likely N-dealkylation sites (tertiary alicyclic amines) is 1. The number of carboxylic acids is 1. The number of amides is 1. The molecule has 12 heteroatoms. The minimum atomic E-state index is -0.849. The second-order valence-electron chi connectivity index (χ2n) is 12.7. The van der Waals surface area contributed by atoms with Gasteiger partial charge in [-0.2, -0.15) is 0 Å². The summed E-state index contributed by atoms with van der Waals surface area (Å²) < 4.78 is 11.4. The molecule has 3 aromatic carbocycles. The molecule has 3 aliphatic rings. The standard InChI is InChI=1S/C36H35Cl2N5O5/c1-47-30-14-21(13-22-16-42(18-32(45)46)12-10-23(22)30)24-5-3-6-25(33(24)37)26-7-4-8-27(34(26)38)28-15-39-29(35(40-28)48-2)17-43-19-36(20-43)11-9-31(44)41-36/h3-8,13-15H,9-12,16-20H2,1-2H3,(H,41,44)(H,45,46). The van der Waals surface area contributed by atoms with Gasteiger partial charge in [0.15, 0.2) is 0 Å². The van der Waals surface area contributed by atoms with Crippen LogP contribution in [-0.4, -0.2) is 82.7 Å². The molecule has 0 unspecified atom stereocenters. The third-order valence-electron chi connectivity index (χ3n) is 9.49. The molecule has 248 valence electrons. The predicted octanol–water partition coefficient (Wildman–Crippen LogP) is 5.71. The van der Waals surface area contributed by atoms with Crippen molar-refractivity contribution < 1.29 is 24.2 Å². The SMILES string of the molecule is COc1cc(-c2cccc(-c3cccc(-c4cnc(CN5CC6(CCC(=O)N6)C5)c(OC)n4)c3Cl)c2Cl)cc2c1CCN(CC(=O)O)C2. The Morgan fingerprint density at radius 2 is 1.69 bits per heavy atom. The van der Waals surface area contributed by atoms with E-state index in [0.717, 1.165) is 64.3 Å². The Morgan fingerprint density at radius 1 is 0.979 bits per heavy atom. The molecule has 3 aliphatic heterocycles. The van der Waals surface area contributed by atoms with Crippen LogP contribution < -0.4 is 14.8 Å². The number of aromatic nitrogens is 2. The lowest BCUT2D eigenvalue weighted by Gasteiger charge is -2.47. The van der Waals surface area contributed by atoms with Crippen LogP contribution in [0.3, 0.4) is 0 Å². The summed E-state index contributed by atoms with van der Waals surface area (Å²) >= 11 is 14.2. The summed E-state index contributed by atoms with van der Waals surface area (Å²) in [5, 5.41) is 13.5.